The summed E-state index contributed by atoms with van der Waals surface area (Å²) in [5, 5.41) is 0. The summed E-state index contributed by atoms with van der Waals surface area (Å²) < 4.78 is 0. The Kier molecular flexibility index (Phi) is 5.46. The van der Waals surface area contributed by atoms with Crippen LogP contribution in [0.5, 0.6) is 0 Å². The number of rotatable bonds is 6. The molecule has 1 saturated heterocycles. The Labute approximate surface area is 103 Å². The third-order valence-corrected chi connectivity index (χ3v) is 2.75. The van der Waals surface area contributed by atoms with E-state index in [1.54, 1.807) is 6.08 Å². The number of allylic oxidation sites excluding steroid dienone is 2. The molecule has 0 aromatic rings. The molecule has 0 aromatic carbocycles. The maximum absolute atomic E-state index is 11.5. The fourth-order valence-corrected chi connectivity index (χ4v) is 1.81. The third kappa shape index (κ3) is 4.43. The SMILES string of the molecule is C=C/C=C\N(C)CCCN1C(=O)CCCC1=O. The number of carbonyl (C=O) groups excluding carboxylic acids is 2. The Bertz CT molecular complexity index is 307. The van der Waals surface area contributed by atoms with Crippen LogP contribution < -0.4 is 0 Å². The monoisotopic (exact) mass is 236 g/mol. The van der Waals surface area contributed by atoms with E-state index >= 15 is 0 Å². The molecule has 17 heavy (non-hydrogen) atoms. The van der Waals surface area contributed by atoms with Crippen molar-refractivity contribution in [2.45, 2.75) is 25.7 Å². The molecular formula is C13H20N2O2. The summed E-state index contributed by atoms with van der Waals surface area (Å²) >= 11 is 0. The molecule has 4 nitrogen and oxygen atoms in total. The second kappa shape index (κ2) is 6.89. The highest BCUT2D eigenvalue weighted by Gasteiger charge is 2.24. The van der Waals surface area contributed by atoms with Crippen LogP contribution in [0.25, 0.3) is 0 Å². The number of amides is 2. The lowest BCUT2D eigenvalue weighted by Crippen LogP contribution is -2.41. The fraction of sp³-hybridized carbons (Fsp3) is 0.538. The number of piperidine rings is 1. The Morgan fingerprint density at radius 2 is 2.00 bits per heavy atom. The number of imide groups is 1. The zero-order chi connectivity index (χ0) is 12.7. The van der Waals surface area contributed by atoms with Gasteiger partial charge in [0.1, 0.15) is 0 Å². The molecule has 0 spiro atoms. The van der Waals surface area contributed by atoms with E-state index in [1.165, 1.54) is 4.90 Å². The minimum atomic E-state index is -0.0227. The van der Waals surface area contributed by atoms with Crippen LogP contribution in [0, 0.1) is 0 Å². The molecule has 4 heteroatoms. The molecule has 1 heterocycles. The number of hydrogen-bond acceptors (Lipinski definition) is 3. The minimum absolute atomic E-state index is 0.0227. The molecule has 0 aromatic heterocycles. The van der Waals surface area contributed by atoms with Gasteiger partial charge in [0.05, 0.1) is 0 Å². The van der Waals surface area contributed by atoms with Gasteiger partial charge in [0.15, 0.2) is 0 Å². The van der Waals surface area contributed by atoms with Gasteiger partial charge in [-0.3, -0.25) is 14.5 Å². The van der Waals surface area contributed by atoms with Crippen molar-refractivity contribution in [2.75, 3.05) is 20.1 Å². The molecule has 0 N–H and O–H groups in total. The lowest BCUT2D eigenvalue weighted by atomic mass is 10.1. The van der Waals surface area contributed by atoms with E-state index in [4.69, 9.17) is 0 Å². The van der Waals surface area contributed by atoms with E-state index in [9.17, 15) is 9.59 Å². The lowest BCUT2D eigenvalue weighted by Gasteiger charge is -2.25. The van der Waals surface area contributed by atoms with Crippen molar-refractivity contribution in [1.29, 1.82) is 0 Å². The van der Waals surface area contributed by atoms with Gasteiger partial charge in [-0.05, 0) is 25.1 Å². The van der Waals surface area contributed by atoms with Gasteiger partial charge >= 0.3 is 0 Å². The summed E-state index contributed by atoms with van der Waals surface area (Å²) in [5.74, 6) is -0.0453. The Morgan fingerprint density at radius 1 is 1.35 bits per heavy atom. The van der Waals surface area contributed by atoms with Crippen molar-refractivity contribution in [2.24, 2.45) is 0 Å². The van der Waals surface area contributed by atoms with Crippen molar-refractivity contribution in [3.8, 4) is 0 Å². The van der Waals surface area contributed by atoms with Crippen LogP contribution in [0.1, 0.15) is 25.7 Å². The quantitative estimate of drug-likeness (QED) is 0.519. The van der Waals surface area contributed by atoms with E-state index in [0.717, 1.165) is 13.0 Å². The van der Waals surface area contributed by atoms with Crippen molar-refractivity contribution in [3.05, 3.63) is 24.9 Å². The summed E-state index contributed by atoms with van der Waals surface area (Å²) in [6, 6.07) is 0. The van der Waals surface area contributed by atoms with Crippen LogP contribution in [-0.2, 0) is 9.59 Å². The zero-order valence-corrected chi connectivity index (χ0v) is 10.4. The van der Waals surface area contributed by atoms with Crippen LogP contribution in [0.2, 0.25) is 0 Å². The first-order valence-electron chi connectivity index (χ1n) is 5.98. The zero-order valence-electron chi connectivity index (χ0n) is 10.4. The smallest absolute Gasteiger partial charge is 0.229 e. The molecule has 0 bridgehead atoms. The summed E-state index contributed by atoms with van der Waals surface area (Å²) in [6.07, 6.45) is 8.03. The van der Waals surface area contributed by atoms with Crippen molar-refractivity contribution in [1.82, 2.24) is 9.80 Å². The summed E-state index contributed by atoms with van der Waals surface area (Å²) in [7, 11) is 1.96. The summed E-state index contributed by atoms with van der Waals surface area (Å²) in [5.41, 5.74) is 0. The topological polar surface area (TPSA) is 40.6 Å². The maximum Gasteiger partial charge on any atom is 0.229 e. The van der Waals surface area contributed by atoms with Crippen LogP contribution in [0.15, 0.2) is 24.9 Å². The van der Waals surface area contributed by atoms with Gasteiger partial charge in [-0.2, -0.15) is 0 Å². The first kappa shape index (κ1) is 13.5. The maximum atomic E-state index is 11.5. The van der Waals surface area contributed by atoms with Gasteiger partial charge in [-0.15, -0.1) is 0 Å². The molecule has 0 unspecified atom stereocenters. The molecule has 1 aliphatic rings. The second-order valence-electron chi connectivity index (χ2n) is 4.20. The molecule has 0 radical (unpaired) electrons. The van der Waals surface area contributed by atoms with Crippen molar-refractivity contribution in [3.63, 3.8) is 0 Å². The van der Waals surface area contributed by atoms with Gasteiger partial charge in [0, 0.05) is 33.0 Å². The van der Waals surface area contributed by atoms with Gasteiger partial charge in [-0.25, -0.2) is 0 Å². The predicted molar refractivity (Wildman–Crippen MR) is 67.2 cm³/mol. The van der Waals surface area contributed by atoms with Crippen LogP contribution >= 0.6 is 0 Å². The third-order valence-electron chi connectivity index (χ3n) is 2.75. The van der Waals surface area contributed by atoms with E-state index in [-0.39, 0.29) is 11.8 Å². The summed E-state index contributed by atoms with van der Waals surface area (Å²) in [4.78, 5) is 26.4. The first-order chi connectivity index (χ1) is 8.15. The first-order valence-corrected chi connectivity index (χ1v) is 5.98. The molecule has 1 rings (SSSR count). The highest BCUT2D eigenvalue weighted by molar-refractivity contribution is 5.97. The Balaban J connectivity index is 2.29. The number of hydrogen-bond donors (Lipinski definition) is 0. The summed E-state index contributed by atoms with van der Waals surface area (Å²) in [6.45, 7) is 4.95. The predicted octanol–water partition coefficient (Wildman–Crippen LogP) is 1.55. The highest BCUT2D eigenvalue weighted by atomic mass is 16.2. The van der Waals surface area contributed by atoms with Gasteiger partial charge in [0.2, 0.25) is 11.8 Å². The molecule has 0 saturated carbocycles. The standard InChI is InChI=1S/C13H20N2O2/c1-3-4-9-14(2)10-6-11-15-12(16)7-5-8-13(15)17/h3-4,9H,1,5-8,10-11H2,2H3/b9-4-. The van der Waals surface area contributed by atoms with E-state index in [1.807, 2.05) is 24.2 Å². The minimum Gasteiger partial charge on any atom is -0.380 e. The van der Waals surface area contributed by atoms with Crippen molar-refractivity contribution >= 4 is 11.8 Å². The van der Waals surface area contributed by atoms with Crippen molar-refractivity contribution < 1.29 is 9.59 Å². The number of nitrogens with zero attached hydrogens (tertiary/aromatic N) is 2. The van der Waals surface area contributed by atoms with Gasteiger partial charge in [-0.1, -0.05) is 12.7 Å². The molecule has 0 aliphatic carbocycles. The highest BCUT2D eigenvalue weighted by Crippen LogP contribution is 2.12. The fourth-order valence-electron chi connectivity index (χ4n) is 1.81. The van der Waals surface area contributed by atoms with Gasteiger partial charge < -0.3 is 4.90 Å². The molecule has 2 amide bonds. The molecule has 0 atom stereocenters. The van der Waals surface area contributed by atoms with E-state index in [0.29, 0.717) is 25.8 Å². The largest absolute Gasteiger partial charge is 0.380 e. The molecule has 94 valence electrons. The average Bonchev–Trinajstić information content (AvgIpc) is 2.30. The van der Waals surface area contributed by atoms with E-state index < -0.39 is 0 Å². The molecular weight excluding hydrogens is 216 g/mol. The van der Waals surface area contributed by atoms with Crippen LogP contribution in [0.4, 0.5) is 0 Å². The van der Waals surface area contributed by atoms with Gasteiger partial charge in [0.25, 0.3) is 0 Å². The van der Waals surface area contributed by atoms with Crippen LogP contribution in [-0.4, -0.2) is 41.8 Å². The molecule has 1 fully saturated rings. The number of carbonyl (C=O) groups is 2. The average molecular weight is 236 g/mol. The second-order valence-corrected chi connectivity index (χ2v) is 4.20. The normalized spacial score (nSPS) is 16.6. The Hall–Kier alpha value is -1.58. The van der Waals surface area contributed by atoms with Crippen LogP contribution in [0.3, 0.4) is 0 Å². The Morgan fingerprint density at radius 3 is 2.59 bits per heavy atom. The van der Waals surface area contributed by atoms with E-state index in [2.05, 4.69) is 6.58 Å². The number of likely N-dealkylation sites (tertiary alicyclic amines) is 1. The lowest BCUT2D eigenvalue weighted by molar-refractivity contribution is -0.148. The molecule has 1 aliphatic heterocycles.